The van der Waals surface area contributed by atoms with Gasteiger partial charge in [-0.05, 0) is 11.6 Å². The normalized spacial score (nSPS) is 10.8. The van der Waals surface area contributed by atoms with Gasteiger partial charge in [-0.25, -0.2) is 4.79 Å². The summed E-state index contributed by atoms with van der Waals surface area (Å²) in [5.41, 5.74) is 12.5. The van der Waals surface area contributed by atoms with Crippen LogP contribution in [-0.4, -0.2) is 0 Å². The summed E-state index contributed by atoms with van der Waals surface area (Å²) in [6, 6.07) is 7.31. The number of hydrogen-bond donors (Lipinski definition) is 2. The zero-order valence-electron chi connectivity index (χ0n) is 8.19. The third-order valence-electron chi connectivity index (χ3n) is 2.43. The smallest absolute Gasteiger partial charge is 0.341 e. The Balaban J connectivity index is 2.91. The van der Waals surface area contributed by atoms with E-state index in [2.05, 4.69) is 0 Å². The molecule has 0 fully saturated rings. The minimum absolute atomic E-state index is 0.152. The second-order valence-electron chi connectivity index (χ2n) is 3.25. The lowest BCUT2D eigenvalue weighted by atomic mass is 10.0. The summed E-state index contributed by atoms with van der Waals surface area (Å²) in [7, 11) is 0. The first kappa shape index (κ1) is 9.89. The molecule has 0 aliphatic rings. The van der Waals surface area contributed by atoms with E-state index in [0.717, 1.165) is 10.9 Å². The first-order valence-electron chi connectivity index (χ1n) is 4.71. The van der Waals surface area contributed by atoms with Crippen LogP contribution in [0.4, 0.5) is 0 Å². The van der Waals surface area contributed by atoms with Crippen LogP contribution in [0.1, 0.15) is 11.1 Å². The Morgan fingerprint density at radius 2 is 1.73 bits per heavy atom. The molecule has 4 N–H and O–H groups in total. The van der Waals surface area contributed by atoms with Crippen LogP contribution in [0.2, 0.25) is 0 Å². The molecule has 0 spiro atoms. The quantitative estimate of drug-likeness (QED) is 0.706. The van der Waals surface area contributed by atoms with Crippen molar-refractivity contribution >= 4 is 11.0 Å². The van der Waals surface area contributed by atoms with Crippen LogP contribution in [0.15, 0.2) is 33.5 Å². The number of fused-ring (bicyclic) bond motifs is 1. The highest BCUT2D eigenvalue weighted by molar-refractivity contribution is 5.81. The summed E-state index contributed by atoms with van der Waals surface area (Å²) >= 11 is 0. The summed E-state index contributed by atoms with van der Waals surface area (Å²) in [4.78, 5) is 11.5. The van der Waals surface area contributed by atoms with E-state index in [0.29, 0.717) is 17.7 Å². The molecule has 0 unspecified atom stereocenters. The summed E-state index contributed by atoms with van der Waals surface area (Å²) in [5.74, 6) is 0. The van der Waals surface area contributed by atoms with Crippen LogP contribution < -0.4 is 17.1 Å². The van der Waals surface area contributed by atoms with Crippen molar-refractivity contribution in [1.29, 1.82) is 0 Å². The molecule has 4 nitrogen and oxygen atoms in total. The zero-order chi connectivity index (χ0) is 10.8. The highest BCUT2D eigenvalue weighted by Gasteiger charge is 2.10. The van der Waals surface area contributed by atoms with E-state index in [1.807, 2.05) is 18.2 Å². The van der Waals surface area contributed by atoms with E-state index < -0.39 is 5.63 Å². The van der Waals surface area contributed by atoms with Crippen molar-refractivity contribution in [1.82, 2.24) is 0 Å². The van der Waals surface area contributed by atoms with Crippen molar-refractivity contribution in [2.24, 2.45) is 11.5 Å². The van der Waals surface area contributed by atoms with Crippen molar-refractivity contribution in [2.45, 2.75) is 13.1 Å². The van der Waals surface area contributed by atoms with Crippen molar-refractivity contribution in [3.63, 3.8) is 0 Å². The predicted octanol–water partition coefficient (Wildman–Crippen LogP) is 0.710. The SMILES string of the molecule is NCc1c(CN)c2ccccc2oc1=O. The average molecular weight is 204 g/mol. The molecule has 4 heteroatoms. The lowest BCUT2D eigenvalue weighted by Crippen LogP contribution is -2.17. The van der Waals surface area contributed by atoms with Gasteiger partial charge in [0.25, 0.3) is 0 Å². The Bertz CT molecular complexity index is 546. The van der Waals surface area contributed by atoms with Crippen LogP contribution in [0.5, 0.6) is 0 Å². The van der Waals surface area contributed by atoms with Crippen molar-refractivity contribution in [3.05, 3.63) is 45.8 Å². The topological polar surface area (TPSA) is 82.2 Å². The van der Waals surface area contributed by atoms with Gasteiger partial charge < -0.3 is 15.9 Å². The van der Waals surface area contributed by atoms with Crippen LogP contribution >= 0.6 is 0 Å². The van der Waals surface area contributed by atoms with E-state index >= 15 is 0 Å². The molecule has 0 saturated carbocycles. The fraction of sp³-hybridized carbons (Fsp3) is 0.182. The molecule has 78 valence electrons. The number of nitrogens with two attached hydrogens (primary N) is 2. The predicted molar refractivity (Wildman–Crippen MR) is 58.3 cm³/mol. The van der Waals surface area contributed by atoms with Crippen molar-refractivity contribution in [3.8, 4) is 0 Å². The standard InChI is InChI=1S/C11H12N2O2/c12-5-8-7-3-1-2-4-10(7)15-11(14)9(8)6-13/h1-4H,5-6,12-13H2. The van der Waals surface area contributed by atoms with E-state index in [1.54, 1.807) is 6.07 Å². The molecule has 15 heavy (non-hydrogen) atoms. The van der Waals surface area contributed by atoms with E-state index in [9.17, 15) is 4.79 Å². The molecule has 2 aromatic rings. The zero-order valence-corrected chi connectivity index (χ0v) is 8.19. The van der Waals surface area contributed by atoms with Crippen LogP contribution in [0.3, 0.4) is 0 Å². The molecule has 0 atom stereocenters. The van der Waals surface area contributed by atoms with Gasteiger partial charge in [0, 0.05) is 18.5 Å². The molecule has 1 aromatic heterocycles. The van der Waals surface area contributed by atoms with Crippen molar-refractivity contribution < 1.29 is 4.42 Å². The molecule has 0 aliphatic heterocycles. The largest absolute Gasteiger partial charge is 0.422 e. The summed E-state index contributed by atoms with van der Waals surface area (Å²) in [6.45, 7) is 0.443. The number of rotatable bonds is 2. The van der Waals surface area contributed by atoms with E-state index in [1.165, 1.54) is 0 Å². The average Bonchev–Trinajstić information content (AvgIpc) is 2.27. The maximum absolute atomic E-state index is 11.5. The third kappa shape index (κ3) is 1.54. The fourth-order valence-electron chi connectivity index (χ4n) is 1.69. The molecule has 0 bridgehead atoms. The Morgan fingerprint density at radius 1 is 1.07 bits per heavy atom. The van der Waals surface area contributed by atoms with Crippen LogP contribution in [0.25, 0.3) is 11.0 Å². The second kappa shape index (κ2) is 3.84. The van der Waals surface area contributed by atoms with Gasteiger partial charge in [-0.3, -0.25) is 0 Å². The third-order valence-corrected chi connectivity index (χ3v) is 2.43. The van der Waals surface area contributed by atoms with Gasteiger partial charge in [0.1, 0.15) is 5.58 Å². The Labute approximate surface area is 86.5 Å². The first-order chi connectivity index (χ1) is 7.27. The molecule has 1 heterocycles. The molecule has 0 saturated heterocycles. The molecule has 1 aromatic carbocycles. The lowest BCUT2D eigenvalue weighted by molar-refractivity contribution is 0.547. The number of benzene rings is 1. The summed E-state index contributed by atoms with van der Waals surface area (Å²) < 4.78 is 5.14. The maximum atomic E-state index is 11.5. The molecule has 0 amide bonds. The molecule has 2 rings (SSSR count). The monoisotopic (exact) mass is 204 g/mol. The van der Waals surface area contributed by atoms with Gasteiger partial charge in [-0.2, -0.15) is 0 Å². The molecule has 0 aliphatic carbocycles. The molecular formula is C11H12N2O2. The minimum Gasteiger partial charge on any atom is -0.422 e. The van der Waals surface area contributed by atoms with Crippen LogP contribution in [-0.2, 0) is 13.1 Å². The van der Waals surface area contributed by atoms with Gasteiger partial charge in [0.15, 0.2) is 0 Å². The first-order valence-corrected chi connectivity index (χ1v) is 4.71. The van der Waals surface area contributed by atoms with Gasteiger partial charge >= 0.3 is 5.63 Å². The van der Waals surface area contributed by atoms with Gasteiger partial charge in [-0.1, -0.05) is 18.2 Å². The Morgan fingerprint density at radius 3 is 2.40 bits per heavy atom. The number of hydrogen-bond acceptors (Lipinski definition) is 4. The van der Waals surface area contributed by atoms with Crippen LogP contribution in [0, 0.1) is 0 Å². The summed E-state index contributed by atoms with van der Waals surface area (Å²) in [6.07, 6.45) is 0. The fourth-order valence-corrected chi connectivity index (χ4v) is 1.69. The van der Waals surface area contributed by atoms with Gasteiger partial charge in [0.05, 0.1) is 5.56 Å². The molecule has 0 radical (unpaired) electrons. The second-order valence-corrected chi connectivity index (χ2v) is 3.25. The van der Waals surface area contributed by atoms with E-state index in [-0.39, 0.29) is 6.54 Å². The minimum atomic E-state index is -0.392. The number of para-hydroxylation sites is 1. The van der Waals surface area contributed by atoms with E-state index in [4.69, 9.17) is 15.9 Å². The summed E-state index contributed by atoms with van der Waals surface area (Å²) in [5, 5.41) is 0.861. The Hall–Kier alpha value is -1.65. The highest BCUT2D eigenvalue weighted by atomic mass is 16.4. The highest BCUT2D eigenvalue weighted by Crippen LogP contribution is 2.18. The Kier molecular flexibility index (Phi) is 2.53. The van der Waals surface area contributed by atoms with Gasteiger partial charge in [0.2, 0.25) is 0 Å². The maximum Gasteiger partial charge on any atom is 0.341 e. The van der Waals surface area contributed by atoms with Gasteiger partial charge in [-0.15, -0.1) is 0 Å². The van der Waals surface area contributed by atoms with Crippen molar-refractivity contribution in [2.75, 3.05) is 0 Å². The lowest BCUT2D eigenvalue weighted by Gasteiger charge is -2.07. The molecular weight excluding hydrogens is 192 g/mol.